The summed E-state index contributed by atoms with van der Waals surface area (Å²) in [6.45, 7) is 0.159. The number of thiazole rings is 1. The number of aryl methyl sites for hydroxylation is 1. The second kappa shape index (κ2) is 7.53. The van der Waals surface area contributed by atoms with Crippen LogP contribution in [-0.2, 0) is 11.3 Å². The van der Waals surface area contributed by atoms with Crippen molar-refractivity contribution in [1.82, 2.24) is 24.4 Å². The number of rotatable bonds is 5. The first-order valence-electron chi connectivity index (χ1n) is 9.32. The molecule has 0 aliphatic heterocycles. The zero-order chi connectivity index (χ0) is 20.5. The van der Waals surface area contributed by atoms with Crippen molar-refractivity contribution < 1.29 is 4.79 Å². The number of anilines is 1. The number of hydrogen-bond donors (Lipinski definition) is 1. The van der Waals surface area contributed by atoms with E-state index in [-0.39, 0.29) is 24.4 Å². The number of hydrogen-bond acceptors (Lipinski definition) is 6. The maximum Gasteiger partial charge on any atom is 0.277 e. The van der Waals surface area contributed by atoms with E-state index >= 15 is 0 Å². The fraction of sp³-hybridized carbons (Fsp3) is 0.0952. The van der Waals surface area contributed by atoms with Crippen molar-refractivity contribution in [3.05, 3.63) is 76.7 Å². The molecule has 0 aliphatic rings. The van der Waals surface area contributed by atoms with E-state index in [1.807, 2.05) is 46.4 Å². The van der Waals surface area contributed by atoms with Crippen molar-refractivity contribution in [2.75, 3.05) is 5.32 Å². The van der Waals surface area contributed by atoms with Crippen LogP contribution in [0.5, 0.6) is 0 Å². The summed E-state index contributed by atoms with van der Waals surface area (Å²) in [5.74, 6) is -0.202. The molecule has 5 rings (SSSR count). The lowest BCUT2D eigenvalue weighted by Gasteiger charge is -2.07. The van der Waals surface area contributed by atoms with Gasteiger partial charge in [0.1, 0.15) is 5.52 Å². The SMILES string of the molecule is O=C(CCn1nnc2ccccc2c1=O)Nc1ccc(-c2cn3ccsc3n2)cc1. The van der Waals surface area contributed by atoms with E-state index in [0.717, 1.165) is 16.2 Å². The van der Waals surface area contributed by atoms with Gasteiger partial charge in [0.05, 0.1) is 17.6 Å². The minimum atomic E-state index is -0.252. The van der Waals surface area contributed by atoms with Crippen LogP contribution < -0.4 is 10.9 Å². The van der Waals surface area contributed by atoms with Gasteiger partial charge in [0, 0.05) is 35.4 Å². The first kappa shape index (κ1) is 18.2. The van der Waals surface area contributed by atoms with Gasteiger partial charge < -0.3 is 5.32 Å². The smallest absolute Gasteiger partial charge is 0.277 e. The number of fused-ring (bicyclic) bond motifs is 2. The Balaban J connectivity index is 1.24. The van der Waals surface area contributed by atoms with E-state index in [9.17, 15) is 9.59 Å². The van der Waals surface area contributed by atoms with Crippen LogP contribution in [0.2, 0.25) is 0 Å². The molecule has 30 heavy (non-hydrogen) atoms. The Bertz CT molecular complexity index is 1390. The van der Waals surface area contributed by atoms with Crippen LogP contribution in [0.15, 0.2) is 71.1 Å². The molecule has 0 saturated carbocycles. The highest BCUT2D eigenvalue weighted by atomic mass is 32.1. The summed E-state index contributed by atoms with van der Waals surface area (Å²) in [7, 11) is 0. The van der Waals surface area contributed by atoms with E-state index in [1.165, 1.54) is 4.68 Å². The van der Waals surface area contributed by atoms with Crippen molar-refractivity contribution in [2.24, 2.45) is 0 Å². The molecule has 0 bridgehead atoms. The lowest BCUT2D eigenvalue weighted by atomic mass is 10.1. The molecular weight excluding hydrogens is 400 g/mol. The zero-order valence-corrected chi connectivity index (χ0v) is 16.5. The first-order chi connectivity index (χ1) is 14.7. The third kappa shape index (κ3) is 3.46. The molecule has 0 aliphatic carbocycles. The molecule has 8 nitrogen and oxygen atoms in total. The normalized spacial score (nSPS) is 11.2. The Kier molecular flexibility index (Phi) is 4.56. The molecule has 0 spiro atoms. The molecule has 0 radical (unpaired) electrons. The summed E-state index contributed by atoms with van der Waals surface area (Å²) >= 11 is 1.58. The number of nitrogens with zero attached hydrogens (tertiary/aromatic N) is 5. The van der Waals surface area contributed by atoms with E-state index < -0.39 is 0 Å². The van der Waals surface area contributed by atoms with E-state index in [2.05, 4.69) is 20.6 Å². The molecule has 3 aromatic heterocycles. The van der Waals surface area contributed by atoms with Crippen molar-refractivity contribution in [3.63, 3.8) is 0 Å². The molecule has 5 aromatic rings. The summed E-state index contributed by atoms with van der Waals surface area (Å²) in [5.41, 5.74) is 2.83. The molecular formula is C21H16N6O2S. The quantitative estimate of drug-likeness (QED) is 0.475. The second-order valence-corrected chi connectivity index (χ2v) is 7.60. The predicted molar refractivity (Wildman–Crippen MR) is 116 cm³/mol. The fourth-order valence-corrected chi connectivity index (χ4v) is 3.89. The summed E-state index contributed by atoms with van der Waals surface area (Å²) in [5, 5.41) is 13.3. The third-order valence-corrected chi connectivity index (χ3v) is 5.51. The molecule has 0 saturated heterocycles. The van der Waals surface area contributed by atoms with Gasteiger partial charge in [0.2, 0.25) is 5.91 Å². The Hall–Kier alpha value is -3.85. The number of imidazole rings is 1. The highest BCUT2D eigenvalue weighted by molar-refractivity contribution is 7.15. The van der Waals surface area contributed by atoms with Crippen molar-refractivity contribution in [2.45, 2.75) is 13.0 Å². The highest BCUT2D eigenvalue weighted by Gasteiger charge is 2.09. The van der Waals surface area contributed by atoms with Crippen LogP contribution in [0.4, 0.5) is 5.69 Å². The zero-order valence-electron chi connectivity index (χ0n) is 15.7. The molecule has 0 atom stereocenters. The standard InChI is InChI=1S/C21H16N6O2S/c28-19(9-10-27-20(29)16-3-1-2-4-17(16)24-25-27)22-15-7-5-14(6-8-15)18-13-26-11-12-30-21(26)23-18/h1-8,11-13H,9-10H2,(H,22,28). The van der Waals surface area contributed by atoms with E-state index in [1.54, 1.807) is 35.6 Å². The third-order valence-electron chi connectivity index (χ3n) is 4.74. The van der Waals surface area contributed by atoms with E-state index in [4.69, 9.17) is 0 Å². The molecule has 1 amide bonds. The second-order valence-electron chi connectivity index (χ2n) is 6.73. The lowest BCUT2D eigenvalue weighted by Crippen LogP contribution is -2.26. The number of carbonyl (C=O) groups excluding carboxylic acids is 1. The van der Waals surface area contributed by atoms with Gasteiger partial charge >= 0.3 is 0 Å². The summed E-state index contributed by atoms with van der Waals surface area (Å²) < 4.78 is 3.20. The molecule has 9 heteroatoms. The van der Waals surface area contributed by atoms with Crippen LogP contribution >= 0.6 is 11.3 Å². The first-order valence-corrected chi connectivity index (χ1v) is 10.2. The maximum absolute atomic E-state index is 12.4. The van der Waals surface area contributed by atoms with Gasteiger partial charge in [-0.25, -0.2) is 9.67 Å². The number of amides is 1. The Morgan fingerprint density at radius 2 is 1.93 bits per heavy atom. The summed E-state index contributed by atoms with van der Waals surface area (Å²) in [6.07, 6.45) is 4.06. The molecule has 0 unspecified atom stereocenters. The molecule has 0 fully saturated rings. The van der Waals surface area contributed by atoms with Crippen molar-refractivity contribution in [1.29, 1.82) is 0 Å². The average molecular weight is 416 g/mol. The lowest BCUT2D eigenvalue weighted by molar-refractivity contribution is -0.116. The van der Waals surface area contributed by atoms with Gasteiger partial charge in [0.25, 0.3) is 5.56 Å². The van der Waals surface area contributed by atoms with Gasteiger partial charge in [-0.1, -0.05) is 29.5 Å². The van der Waals surface area contributed by atoms with Crippen LogP contribution in [-0.4, -0.2) is 30.3 Å². The van der Waals surface area contributed by atoms with Gasteiger partial charge in [-0.05, 0) is 24.3 Å². The van der Waals surface area contributed by atoms with E-state index in [0.29, 0.717) is 16.6 Å². The number of benzene rings is 2. The number of carbonyl (C=O) groups is 1. The largest absolute Gasteiger partial charge is 0.326 e. The van der Waals surface area contributed by atoms with Crippen molar-refractivity contribution >= 4 is 38.8 Å². The molecule has 1 N–H and O–H groups in total. The van der Waals surface area contributed by atoms with Gasteiger partial charge in [0.15, 0.2) is 4.96 Å². The van der Waals surface area contributed by atoms with Crippen LogP contribution in [0.3, 0.4) is 0 Å². The van der Waals surface area contributed by atoms with Crippen molar-refractivity contribution in [3.8, 4) is 11.3 Å². The monoisotopic (exact) mass is 416 g/mol. The number of nitrogens with one attached hydrogen (secondary N) is 1. The molecule has 2 aromatic carbocycles. The number of aromatic nitrogens is 5. The summed E-state index contributed by atoms with van der Waals surface area (Å²) in [4.78, 5) is 30.3. The maximum atomic E-state index is 12.4. The van der Waals surface area contributed by atoms with Gasteiger partial charge in [-0.2, -0.15) is 0 Å². The Morgan fingerprint density at radius 1 is 1.10 bits per heavy atom. The van der Waals surface area contributed by atoms with Crippen LogP contribution in [0, 0.1) is 0 Å². The Morgan fingerprint density at radius 3 is 2.77 bits per heavy atom. The Labute approximate surface area is 174 Å². The minimum absolute atomic E-state index is 0.117. The van der Waals surface area contributed by atoms with Gasteiger partial charge in [-0.3, -0.25) is 14.0 Å². The minimum Gasteiger partial charge on any atom is -0.326 e. The molecule has 148 valence electrons. The molecule has 3 heterocycles. The predicted octanol–water partition coefficient (Wildman–Crippen LogP) is 3.20. The van der Waals surface area contributed by atoms with Crippen LogP contribution in [0.25, 0.3) is 27.1 Å². The fourth-order valence-electron chi connectivity index (χ4n) is 3.19. The average Bonchev–Trinajstić information content (AvgIpc) is 3.36. The summed E-state index contributed by atoms with van der Waals surface area (Å²) in [6, 6.07) is 14.5. The van der Waals surface area contributed by atoms with Crippen LogP contribution in [0.1, 0.15) is 6.42 Å². The topological polar surface area (TPSA) is 94.2 Å². The highest BCUT2D eigenvalue weighted by Crippen LogP contribution is 2.23. The van der Waals surface area contributed by atoms with Gasteiger partial charge in [-0.15, -0.1) is 16.4 Å².